The Bertz CT molecular complexity index is 2010. The van der Waals surface area contributed by atoms with Crippen LogP contribution in [0.3, 0.4) is 0 Å². The highest BCUT2D eigenvalue weighted by molar-refractivity contribution is 6.31. The van der Waals surface area contributed by atoms with Gasteiger partial charge in [0.15, 0.2) is 0 Å². The first-order valence-corrected chi connectivity index (χ1v) is 16.1. The molecule has 2 atom stereocenters. The van der Waals surface area contributed by atoms with Crippen molar-refractivity contribution in [3.8, 4) is 11.5 Å². The third-order valence-corrected chi connectivity index (χ3v) is 10.1. The fourth-order valence-electron chi connectivity index (χ4n) is 6.79. The first-order valence-electron chi connectivity index (χ1n) is 16.1. The summed E-state index contributed by atoms with van der Waals surface area (Å²) in [5, 5.41) is 0. The van der Waals surface area contributed by atoms with Gasteiger partial charge in [-0.15, -0.1) is 0 Å². The van der Waals surface area contributed by atoms with Crippen LogP contribution < -0.4 is 9.64 Å². The van der Waals surface area contributed by atoms with Crippen LogP contribution in [0.2, 0.25) is 0 Å². The predicted octanol–water partition coefficient (Wildman–Crippen LogP) is 7.56. The largest absolute Gasteiger partial charge is 0.458 e. The molecule has 0 spiro atoms. The Labute approximate surface area is 279 Å². The van der Waals surface area contributed by atoms with Crippen LogP contribution in [0, 0.1) is 18.3 Å². The van der Waals surface area contributed by atoms with Gasteiger partial charge < -0.3 is 9.47 Å². The van der Waals surface area contributed by atoms with Crippen molar-refractivity contribution >= 4 is 29.3 Å². The molecule has 8 nitrogen and oxygen atoms in total. The average Bonchev–Trinajstić information content (AvgIpc) is 3.41. The van der Waals surface area contributed by atoms with Crippen molar-refractivity contribution in [2.45, 2.75) is 46.0 Å². The summed E-state index contributed by atoms with van der Waals surface area (Å²) < 4.78 is 12.3. The molecular weight excluding hydrogens is 604 g/mol. The monoisotopic (exact) mass is 640 g/mol. The van der Waals surface area contributed by atoms with Crippen molar-refractivity contribution in [2.24, 2.45) is 11.3 Å². The molecule has 2 unspecified atom stereocenters. The molecule has 0 saturated carbocycles. The van der Waals surface area contributed by atoms with Gasteiger partial charge in [0, 0.05) is 12.6 Å². The summed E-state index contributed by atoms with van der Waals surface area (Å²) in [6.07, 6.45) is 10.9. The highest BCUT2D eigenvalue weighted by Gasteiger charge is 2.53. The van der Waals surface area contributed by atoms with Gasteiger partial charge in [0.05, 0.1) is 22.2 Å². The van der Waals surface area contributed by atoms with Crippen LogP contribution in [0.1, 0.15) is 65.5 Å². The number of rotatable bonds is 7. The fraction of sp³-hybridized carbons (Fsp3) is 0.250. The van der Waals surface area contributed by atoms with Gasteiger partial charge in [0.1, 0.15) is 23.0 Å². The van der Waals surface area contributed by atoms with Gasteiger partial charge in [0.25, 0.3) is 17.7 Å². The lowest BCUT2D eigenvalue weighted by Gasteiger charge is -2.34. The molecule has 4 amide bonds. The Balaban J connectivity index is 0.996. The van der Waals surface area contributed by atoms with Crippen molar-refractivity contribution in [3.05, 3.63) is 136 Å². The quantitative estimate of drug-likeness (QED) is 0.248. The number of fused-ring (bicyclic) bond motifs is 2. The topological polar surface area (TPSA) is 93.2 Å². The zero-order valence-electron chi connectivity index (χ0n) is 27.6. The molecular formula is C40H36N2O6. The number of amides is 4. The second-order valence-corrected chi connectivity index (χ2v) is 13.6. The normalized spacial score (nSPS) is 21.9. The van der Waals surface area contributed by atoms with E-state index in [2.05, 4.69) is 26.0 Å². The first-order chi connectivity index (χ1) is 22.9. The minimum absolute atomic E-state index is 0.202. The fourth-order valence-corrected chi connectivity index (χ4v) is 6.79. The number of hydrogen-bond donors (Lipinski definition) is 0. The van der Waals surface area contributed by atoms with E-state index in [0.717, 1.165) is 22.4 Å². The third kappa shape index (κ3) is 5.08. The van der Waals surface area contributed by atoms with E-state index in [9.17, 15) is 19.2 Å². The van der Waals surface area contributed by atoms with Crippen LogP contribution in [0.4, 0.5) is 5.69 Å². The van der Waals surface area contributed by atoms with E-state index >= 15 is 0 Å². The lowest BCUT2D eigenvalue weighted by atomic mass is 9.71. The van der Waals surface area contributed by atoms with E-state index in [4.69, 9.17) is 9.47 Å². The molecule has 0 radical (unpaired) electrons. The van der Waals surface area contributed by atoms with Crippen molar-refractivity contribution in [3.63, 3.8) is 0 Å². The predicted molar refractivity (Wildman–Crippen MR) is 181 cm³/mol. The highest BCUT2D eigenvalue weighted by atomic mass is 16.5. The number of imide groups is 2. The second-order valence-electron chi connectivity index (χ2n) is 13.6. The van der Waals surface area contributed by atoms with Gasteiger partial charge in [-0.1, -0.05) is 49.8 Å². The van der Waals surface area contributed by atoms with Gasteiger partial charge in [-0.05, 0) is 110 Å². The molecule has 0 aromatic heterocycles. The molecule has 2 aliphatic carbocycles. The van der Waals surface area contributed by atoms with Crippen LogP contribution in [0.5, 0.6) is 11.5 Å². The van der Waals surface area contributed by atoms with Crippen LogP contribution >= 0.6 is 0 Å². The summed E-state index contributed by atoms with van der Waals surface area (Å²) in [6.45, 7) is 8.19. The summed E-state index contributed by atoms with van der Waals surface area (Å²) in [5.74, 6) is 1.42. The number of carbonyl (C=O) groups is 4. The molecule has 4 aliphatic rings. The summed E-state index contributed by atoms with van der Waals surface area (Å²) in [5.41, 5.74) is 2.83. The zero-order valence-corrected chi connectivity index (χ0v) is 27.6. The third-order valence-electron chi connectivity index (χ3n) is 10.1. The molecule has 1 saturated heterocycles. The van der Waals surface area contributed by atoms with Crippen molar-refractivity contribution in [1.82, 2.24) is 4.90 Å². The van der Waals surface area contributed by atoms with Crippen LogP contribution in [-0.4, -0.2) is 35.6 Å². The Morgan fingerprint density at radius 3 is 2.17 bits per heavy atom. The average molecular weight is 641 g/mol. The number of ether oxygens (including phenoxy) is 2. The van der Waals surface area contributed by atoms with E-state index < -0.39 is 5.41 Å². The Kier molecular flexibility index (Phi) is 7.35. The van der Waals surface area contributed by atoms with Crippen molar-refractivity contribution in [1.29, 1.82) is 0 Å². The number of hydrogen-bond acceptors (Lipinski definition) is 6. The molecule has 7 rings (SSSR count). The number of nitrogens with zero attached hydrogens (tertiary/aromatic N) is 2. The molecule has 3 aromatic carbocycles. The Hall–Kier alpha value is -5.50. The minimum Gasteiger partial charge on any atom is -0.458 e. The summed E-state index contributed by atoms with van der Waals surface area (Å²) in [7, 11) is 1.47. The molecule has 8 heteroatoms. The SMILES string of the molecule is Cc1ccc(N2C(=O)C3=CC(OC4=CCC(C(C)(C)c5ccc(Oc6ccc7c(c6)C(=O)N(C)C7=O)cc5)C=C4)=CCC3(C)C2=O)cc1. The Morgan fingerprint density at radius 1 is 0.792 bits per heavy atom. The first kappa shape index (κ1) is 31.1. The maximum Gasteiger partial charge on any atom is 0.262 e. The summed E-state index contributed by atoms with van der Waals surface area (Å²) in [6, 6.07) is 20.2. The van der Waals surface area contributed by atoms with Crippen LogP contribution in [0.25, 0.3) is 0 Å². The van der Waals surface area contributed by atoms with Gasteiger partial charge in [-0.2, -0.15) is 0 Å². The van der Waals surface area contributed by atoms with Crippen molar-refractivity contribution < 1.29 is 28.7 Å². The number of carbonyl (C=O) groups excluding carboxylic acids is 4. The Morgan fingerprint density at radius 2 is 1.48 bits per heavy atom. The smallest absolute Gasteiger partial charge is 0.262 e. The number of anilines is 1. The minimum atomic E-state index is -0.918. The van der Waals surface area contributed by atoms with Crippen molar-refractivity contribution in [2.75, 3.05) is 11.9 Å². The van der Waals surface area contributed by atoms with Gasteiger partial charge in [-0.25, -0.2) is 4.90 Å². The lowest BCUT2D eigenvalue weighted by Crippen LogP contribution is -2.34. The molecule has 1 fully saturated rings. The van der Waals surface area contributed by atoms with Gasteiger partial charge in [0.2, 0.25) is 5.91 Å². The summed E-state index contributed by atoms with van der Waals surface area (Å²) >= 11 is 0. The molecule has 242 valence electrons. The molecule has 48 heavy (non-hydrogen) atoms. The number of benzene rings is 3. The highest BCUT2D eigenvalue weighted by Crippen LogP contribution is 2.46. The van der Waals surface area contributed by atoms with E-state index in [-0.39, 0.29) is 35.0 Å². The van der Waals surface area contributed by atoms with Crippen LogP contribution in [0.15, 0.2) is 114 Å². The zero-order chi connectivity index (χ0) is 34.0. The van der Waals surface area contributed by atoms with Gasteiger partial charge in [-0.3, -0.25) is 24.1 Å². The molecule has 3 aromatic rings. The number of aryl methyl sites for hydroxylation is 1. The molecule has 0 bridgehead atoms. The maximum atomic E-state index is 13.4. The standard InChI is InChI=1S/C40H36N2O6/c1-24-6-12-27(13-7-24)42-37(45)34-23-31(20-21-40(34,4)38(42)46)48-29-16-10-26(11-17-29)39(2,3)25-8-14-28(15-9-25)47-30-18-19-32-33(22-30)36(44)41(5)35(32)43/h6-10,12-20,22-23,26H,11,21H2,1-5H3. The molecule has 2 aliphatic heterocycles. The molecule has 2 heterocycles. The number of allylic oxidation sites excluding steroid dienone is 5. The van der Waals surface area contributed by atoms with E-state index in [0.29, 0.717) is 51.8 Å². The van der Waals surface area contributed by atoms with E-state index in [1.165, 1.54) is 11.9 Å². The molecule has 0 N–H and O–H groups in total. The van der Waals surface area contributed by atoms with E-state index in [1.54, 1.807) is 36.4 Å². The van der Waals surface area contributed by atoms with Gasteiger partial charge >= 0.3 is 0 Å². The van der Waals surface area contributed by atoms with Crippen LogP contribution in [-0.2, 0) is 19.7 Å². The summed E-state index contributed by atoms with van der Waals surface area (Å²) in [4.78, 5) is 53.8. The second kappa shape index (κ2) is 11.3. The maximum absolute atomic E-state index is 13.4. The lowest BCUT2D eigenvalue weighted by molar-refractivity contribution is -0.124. The van der Waals surface area contributed by atoms with E-state index in [1.807, 2.05) is 62.4 Å².